The van der Waals surface area contributed by atoms with Gasteiger partial charge in [0.2, 0.25) is 0 Å². The molecule has 5 nitrogen and oxygen atoms in total. The Morgan fingerprint density at radius 3 is 2.71 bits per heavy atom. The quantitative estimate of drug-likeness (QED) is 0.461. The molecule has 2 N–H and O–H groups in total. The number of anilines is 1. The lowest BCUT2D eigenvalue weighted by Gasteiger charge is -2.07. The molecule has 6 heteroatoms. The average Bonchev–Trinajstić information content (AvgIpc) is 2.30. The van der Waals surface area contributed by atoms with Crippen LogP contribution in [0.5, 0.6) is 0 Å². The van der Waals surface area contributed by atoms with Crippen molar-refractivity contribution < 1.29 is 10.0 Å². The molecule has 0 aliphatic carbocycles. The monoisotopic (exact) mass is 302 g/mol. The summed E-state index contributed by atoms with van der Waals surface area (Å²) in [5.74, 6) is 0. The number of rotatable bonds is 7. The molecule has 1 aromatic rings. The van der Waals surface area contributed by atoms with Crippen molar-refractivity contribution in [3.63, 3.8) is 0 Å². The molecule has 0 radical (unpaired) electrons. The molecule has 0 aromatic heterocycles. The van der Waals surface area contributed by atoms with Gasteiger partial charge in [0.1, 0.15) is 0 Å². The lowest BCUT2D eigenvalue weighted by molar-refractivity contribution is -0.384. The fourth-order valence-electron chi connectivity index (χ4n) is 1.40. The van der Waals surface area contributed by atoms with E-state index in [0.717, 1.165) is 31.5 Å². The number of halogens is 1. The number of nitrogens with one attached hydrogen (secondary N) is 1. The third-order valence-corrected chi connectivity index (χ3v) is 2.97. The lowest BCUT2D eigenvalue weighted by atomic mass is 10.2. The van der Waals surface area contributed by atoms with E-state index in [1.165, 1.54) is 12.1 Å². The lowest BCUT2D eigenvalue weighted by Crippen LogP contribution is -2.02. The van der Waals surface area contributed by atoms with Crippen LogP contribution in [0.4, 0.5) is 11.4 Å². The van der Waals surface area contributed by atoms with E-state index in [-0.39, 0.29) is 12.3 Å². The molecule has 0 saturated heterocycles. The van der Waals surface area contributed by atoms with Crippen molar-refractivity contribution in [2.45, 2.75) is 19.3 Å². The number of nitro groups is 1. The van der Waals surface area contributed by atoms with E-state index in [1.54, 1.807) is 6.07 Å². The van der Waals surface area contributed by atoms with Crippen LogP contribution in [0.25, 0.3) is 0 Å². The number of hydrogen-bond donors (Lipinski definition) is 2. The predicted molar refractivity (Wildman–Crippen MR) is 70.2 cm³/mol. The van der Waals surface area contributed by atoms with Crippen LogP contribution < -0.4 is 5.32 Å². The second-order valence-electron chi connectivity index (χ2n) is 3.63. The molecule has 0 atom stereocenters. The highest BCUT2D eigenvalue weighted by Gasteiger charge is 2.08. The number of unbranched alkanes of at least 4 members (excludes halogenated alkanes) is 2. The summed E-state index contributed by atoms with van der Waals surface area (Å²) in [5.41, 5.74) is 0.919. The summed E-state index contributed by atoms with van der Waals surface area (Å²) >= 11 is 3.29. The Hall–Kier alpha value is -1.14. The van der Waals surface area contributed by atoms with Crippen molar-refractivity contribution in [3.8, 4) is 0 Å². The van der Waals surface area contributed by atoms with Crippen LogP contribution in [0, 0.1) is 10.1 Å². The van der Waals surface area contributed by atoms with E-state index in [4.69, 9.17) is 5.11 Å². The first-order valence-electron chi connectivity index (χ1n) is 5.44. The fraction of sp³-hybridized carbons (Fsp3) is 0.455. The van der Waals surface area contributed by atoms with Crippen LogP contribution in [0.2, 0.25) is 0 Å². The SMILES string of the molecule is O=[N+]([O-])c1ccc(NCCCCCO)c(Br)c1. The summed E-state index contributed by atoms with van der Waals surface area (Å²) in [4.78, 5) is 10.1. The highest BCUT2D eigenvalue weighted by Crippen LogP contribution is 2.26. The molecule has 1 rings (SSSR count). The van der Waals surface area contributed by atoms with E-state index < -0.39 is 4.92 Å². The molecule has 0 unspecified atom stereocenters. The number of aliphatic hydroxyl groups excluding tert-OH is 1. The summed E-state index contributed by atoms with van der Waals surface area (Å²) in [7, 11) is 0. The normalized spacial score (nSPS) is 10.2. The van der Waals surface area contributed by atoms with Gasteiger partial charge in [-0.05, 0) is 41.3 Å². The van der Waals surface area contributed by atoms with Crippen LogP contribution >= 0.6 is 15.9 Å². The van der Waals surface area contributed by atoms with E-state index >= 15 is 0 Å². The molecular weight excluding hydrogens is 288 g/mol. The molecule has 0 bridgehead atoms. The largest absolute Gasteiger partial charge is 0.396 e. The third-order valence-electron chi connectivity index (χ3n) is 2.31. The van der Waals surface area contributed by atoms with Gasteiger partial charge >= 0.3 is 0 Å². The van der Waals surface area contributed by atoms with Crippen molar-refractivity contribution in [1.29, 1.82) is 0 Å². The number of non-ortho nitro benzene ring substituents is 1. The first-order chi connectivity index (χ1) is 8.15. The maximum atomic E-state index is 10.5. The smallest absolute Gasteiger partial charge is 0.270 e. The highest BCUT2D eigenvalue weighted by molar-refractivity contribution is 9.10. The van der Waals surface area contributed by atoms with Crippen LogP contribution in [0.15, 0.2) is 22.7 Å². The Kier molecular flexibility index (Phi) is 5.93. The number of aliphatic hydroxyl groups is 1. The topological polar surface area (TPSA) is 75.4 Å². The molecule has 1 aromatic carbocycles. The van der Waals surface area contributed by atoms with Gasteiger partial charge in [0.25, 0.3) is 5.69 Å². The van der Waals surface area contributed by atoms with Gasteiger partial charge in [0, 0.05) is 35.4 Å². The summed E-state index contributed by atoms with van der Waals surface area (Å²) in [6.45, 7) is 1.01. The number of hydrogen-bond acceptors (Lipinski definition) is 4. The van der Waals surface area contributed by atoms with Gasteiger partial charge in [-0.2, -0.15) is 0 Å². The molecule has 0 aliphatic heterocycles. The van der Waals surface area contributed by atoms with E-state index in [2.05, 4.69) is 21.2 Å². The maximum absolute atomic E-state index is 10.5. The van der Waals surface area contributed by atoms with Crippen molar-refractivity contribution in [2.75, 3.05) is 18.5 Å². The first kappa shape index (κ1) is 13.9. The van der Waals surface area contributed by atoms with Crippen LogP contribution in [0.3, 0.4) is 0 Å². The molecular formula is C11H15BrN2O3. The summed E-state index contributed by atoms with van der Waals surface area (Å²) in [5, 5.41) is 22.3. The Morgan fingerprint density at radius 2 is 2.12 bits per heavy atom. The minimum absolute atomic E-state index is 0.0719. The van der Waals surface area contributed by atoms with Gasteiger partial charge < -0.3 is 10.4 Å². The minimum Gasteiger partial charge on any atom is -0.396 e. The van der Waals surface area contributed by atoms with Crippen LogP contribution in [-0.2, 0) is 0 Å². The zero-order valence-corrected chi connectivity index (χ0v) is 10.9. The van der Waals surface area contributed by atoms with Crippen molar-refractivity contribution >= 4 is 27.3 Å². The summed E-state index contributed by atoms with van der Waals surface area (Å²) < 4.78 is 0.689. The Bertz CT molecular complexity index is 385. The second-order valence-corrected chi connectivity index (χ2v) is 4.49. The Labute approximate surface area is 108 Å². The third kappa shape index (κ3) is 4.70. The highest BCUT2D eigenvalue weighted by atomic mass is 79.9. The molecule has 17 heavy (non-hydrogen) atoms. The van der Waals surface area contributed by atoms with E-state index in [0.29, 0.717) is 4.47 Å². The molecule has 0 aliphatic rings. The molecule has 0 heterocycles. The van der Waals surface area contributed by atoms with Crippen LogP contribution in [0.1, 0.15) is 19.3 Å². The predicted octanol–water partition coefficient (Wildman–Crippen LogP) is 2.93. The van der Waals surface area contributed by atoms with Crippen molar-refractivity contribution in [3.05, 3.63) is 32.8 Å². The number of nitrogens with zero attached hydrogens (tertiary/aromatic N) is 1. The first-order valence-corrected chi connectivity index (χ1v) is 6.23. The number of nitro benzene ring substituents is 1. The molecule has 0 saturated carbocycles. The van der Waals surface area contributed by atoms with Gasteiger partial charge in [-0.1, -0.05) is 0 Å². The van der Waals surface area contributed by atoms with Gasteiger partial charge in [0.15, 0.2) is 0 Å². The average molecular weight is 303 g/mol. The number of benzene rings is 1. The van der Waals surface area contributed by atoms with Crippen LogP contribution in [-0.4, -0.2) is 23.2 Å². The standard InChI is InChI=1S/C11H15BrN2O3/c12-10-8-9(14(16)17)4-5-11(10)13-6-2-1-3-7-15/h4-5,8,13,15H,1-3,6-7H2. The molecule has 0 spiro atoms. The van der Waals surface area contributed by atoms with Crippen molar-refractivity contribution in [2.24, 2.45) is 0 Å². The summed E-state index contributed by atoms with van der Waals surface area (Å²) in [6.07, 6.45) is 2.74. The van der Waals surface area contributed by atoms with Gasteiger partial charge in [-0.15, -0.1) is 0 Å². The molecule has 94 valence electrons. The van der Waals surface area contributed by atoms with Crippen molar-refractivity contribution in [1.82, 2.24) is 0 Å². The Balaban J connectivity index is 2.46. The van der Waals surface area contributed by atoms with E-state index in [9.17, 15) is 10.1 Å². The molecule has 0 fully saturated rings. The maximum Gasteiger partial charge on any atom is 0.270 e. The van der Waals surface area contributed by atoms with Gasteiger partial charge in [-0.3, -0.25) is 10.1 Å². The fourth-order valence-corrected chi connectivity index (χ4v) is 1.90. The van der Waals surface area contributed by atoms with E-state index in [1.807, 2.05) is 0 Å². The minimum atomic E-state index is -0.421. The van der Waals surface area contributed by atoms with Gasteiger partial charge in [-0.25, -0.2) is 0 Å². The summed E-state index contributed by atoms with van der Waals surface area (Å²) in [6, 6.07) is 4.64. The van der Waals surface area contributed by atoms with Gasteiger partial charge in [0.05, 0.1) is 4.92 Å². The zero-order valence-electron chi connectivity index (χ0n) is 9.36. The Morgan fingerprint density at radius 1 is 1.35 bits per heavy atom. The second kappa shape index (κ2) is 7.24. The molecule has 0 amide bonds. The zero-order chi connectivity index (χ0) is 12.7.